The van der Waals surface area contributed by atoms with Crippen LogP contribution >= 0.6 is 11.3 Å². The third-order valence-corrected chi connectivity index (χ3v) is 8.92. The molecule has 10 heteroatoms. The monoisotopic (exact) mass is 490 g/mol. The Bertz CT molecular complexity index is 1040. The summed E-state index contributed by atoms with van der Waals surface area (Å²) in [6.07, 6.45) is 3.95. The van der Waals surface area contributed by atoms with Gasteiger partial charge in [-0.3, -0.25) is 9.59 Å². The second kappa shape index (κ2) is 10.7. The molecule has 1 aromatic heterocycles. The average molecular weight is 491 g/mol. The number of nitrogens with one attached hydrogen (secondary N) is 1. The number of carbonyl (C=O) groups is 2. The minimum absolute atomic E-state index is 0.0189. The highest BCUT2D eigenvalue weighted by molar-refractivity contribution is 7.89. The van der Waals surface area contributed by atoms with Gasteiger partial charge in [-0.1, -0.05) is 18.9 Å². The average Bonchev–Trinajstić information content (AvgIpc) is 3.24. The molecule has 0 bridgehead atoms. The van der Waals surface area contributed by atoms with Crippen molar-refractivity contribution < 1.29 is 18.0 Å². The van der Waals surface area contributed by atoms with E-state index in [2.05, 4.69) is 5.32 Å². The van der Waals surface area contributed by atoms with Crippen LogP contribution in [-0.4, -0.2) is 80.2 Å². The van der Waals surface area contributed by atoms with Gasteiger partial charge in [-0.05, 0) is 48.6 Å². The van der Waals surface area contributed by atoms with E-state index in [1.807, 2.05) is 17.5 Å². The van der Waals surface area contributed by atoms with E-state index in [0.717, 1.165) is 30.6 Å². The molecule has 0 aliphatic carbocycles. The van der Waals surface area contributed by atoms with Gasteiger partial charge in [-0.2, -0.15) is 4.31 Å². The first-order valence-electron chi connectivity index (χ1n) is 11.4. The molecule has 1 aromatic carbocycles. The lowest BCUT2D eigenvalue weighted by atomic mass is 10.2. The van der Waals surface area contributed by atoms with Crippen molar-refractivity contribution in [1.29, 1.82) is 0 Å². The molecule has 2 aliphatic rings. The predicted octanol–water partition coefficient (Wildman–Crippen LogP) is 2.71. The minimum atomic E-state index is -3.48. The molecule has 1 N–H and O–H groups in total. The molecule has 0 spiro atoms. The molecular weight excluding hydrogens is 460 g/mol. The van der Waals surface area contributed by atoms with E-state index in [0.29, 0.717) is 45.0 Å². The normalized spacial score (nSPS) is 18.1. The molecule has 178 valence electrons. The van der Waals surface area contributed by atoms with E-state index in [-0.39, 0.29) is 23.3 Å². The van der Waals surface area contributed by atoms with Crippen molar-refractivity contribution in [3.05, 3.63) is 46.7 Å². The Kier molecular flexibility index (Phi) is 7.67. The summed E-state index contributed by atoms with van der Waals surface area (Å²) in [7, 11) is -3.48. The lowest BCUT2D eigenvalue weighted by molar-refractivity contribution is -0.130. The van der Waals surface area contributed by atoms with Gasteiger partial charge < -0.3 is 15.1 Å². The largest absolute Gasteiger partial charge is 0.376 e. The van der Waals surface area contributed by atoms with Crippen molar-refractivity contribution in [3.63, 3.8) is 0 Å². The quantitative estimate of drug-likeness (QED) is 0.673. The zero-order valence-electron chi connectivity index (χ0n) is 18.6. The Morgan fingerprint density at radius 1 is 0.848 bits per heavy atom. The van der Waals surface area contributed by atoms with Crippen molar-refractivity contribution >= 4 is 38.9 Å². The van der Waals surface area contributed by atoms with Crippen molar-refractivity contribution in [2.24, 2.45) is 0 Å². The van der Waals surface area contributed by atoms with E-state index in [1.165, 1.54) is 11.3 Å². The van der Waals surface area contributed by atoms with Crippen LogP contribution in [0.4, 0.5) is 5.69 Å². The Hall–Kier alpha value is -2.43. The van der Waals surface area contributed by atoms with Crippen LogP contribution in [0.3, 0.4) is 0 Å². The van der Waals surface area contributed by atoms with Gasteiger partial charge in [-0.25, -0.2) is 8.42 Å². The van der Waals surface area contributed by atoms with Gasteiger partial charge in [0.15, 0.2) is 0 Å². The molecule has 2 saturated heterocycles. The summed E-state index contributed by atoms with van der Waals surface area (Å²) in [5.41, 5.74) is 0.699. The second-order valence-corrected chi connectivity index (χ2v) is 11.2. The number of piperazine rings is 1. The molecule has 33 heavy (non-hydrogen) atoms. The van der Waals surface area contributed by atoms with Gasteiger partial charge in [0.1, 0.15) is 0 Å². The first kappa shape index (κ1) is 23.7. The van der Waals surface area contributed by atoms with Gasteiger partial charge in [0.2, 0.25) is 15.9 Å². The summed E-state index contributed by atoms with van der Waals surface area (Å²) in [6.45, 7) is 3.31. The van der Waals surface area contributed by atoms with Crippen LogP contribution in [0.1, 0.15) is 35.4 Å². The Labute approximate surface area is 199 Å². The summed E-state index contributed by atoms with van der Waals surface area (Å²) in [5, 5.41) is 4.97. The first-order valence-corrected chi connectivity index (χ1v) is 13.7. The molecule has 2 fully saturated rings. The smallest absolute Gasteiger partial charge is 0.264 e. The highest BCUT2D eigenvalue weighted by Gasteiger charge is 2.26. The molecule has 2 aliphatic heterocycles. The number of nitrogens with zero attached hydrogens (tertiary/aromatic N) is 3. The van der Waals surface area contributed by atoms with Gasteiger partial charge >= 0.3 is 0 Å². The van der Waals surface area contributed by atoms with Crippen molar-refractivity contribution in [1.82, 2.24) is 14.1 Å². The molecule has 8 nitrogen and oxygen atoms in total. The van der Waals surface area contributed by atoms with E-state index in [4.69, 9.17) is 0 Å². The predicted molar refractivity (Wildman–Crippen MR) is 129 cm³/mol. The number of carbonyl (C=O) groups excluding carboxylic acids is 2. The Morgan fingerprint density at radius 3 is 2.09 bits per heavy atom. The molecule has 2 aromatic rings. The summed E-state index contributed by atoms with van der Waals surface area (Å²) in [5.74, 6) is -0.0232. The zero-order chi connectivity index (χ0) is 23.3. The fourth-order valence-electron chi connectivity index (χ4n) is 4.18. The minimum Gasteiger partial charge on any atom is -0.376 e. The number of anilines is 1. The number of hydrogen-bond acceptors (Lipinski definition) is 6. The highest BCUT2D eigenvalue weighted by Crippen LogP contribution is 2.22. The number of rotatable bonds is 6. The van der Waals surface area contributed by atoms with E-state index in [1.54, 1.807) is 38.4 Å². The lowest BCUT2D eigenvalue weighted by Gasteiger charge is -2.34. The molecule has 0 atom stereocenters. The molecule has 0 radical (unpaired) electrons. The summed E-state index contributed by atoms with van der Waals surface area (Å²) >= 11 is 1.43. The summed E-state index contributed by atoms with van der Waals surface area (Å²) < 4.78 is 27.4. The number of sulfonamides is 1. The Balaban J connectivity index is 1.26. The van der Waals surface area contributed by atoms with Crippen LogP contribution in [0.5, 0.6) is 0 Å². The third kappa shape index (κ3) is 5.74. The highest BCUT2D eigenvalue weighted by atomic mass is 32.2. The van der Waals surface area contributed by atoms with Crippen LogP contribution in [0.2, 0.25) is 0 Å². The third-order valence-electron chi connectivity index (χ3n) is 6.15. The molecule has 2 amide bonds. The first-order chi connectivity index (χ1) is 15.9. The van der Waals surface area contributed by atoms with Gasteiger partial charge in [0, 0.05) is 45.0 Å². The fourth-order valence-corrected chi connectivity index (χ4v) is 6.39. The second-order valence-electron chi connectivity index (χ2n) is 8.35. The standard InChI is InChI=1S/C23H30N4O4S2/c28-22(25-13-15-26(16-14-25)23(29)21-6-5-17-32-21)18-24-19-7-9-20(10-8-19)33(30,31)27-11-3-1-2-4-12-27/h5-10,17,24H,1-4,11-16,18H2. The molecule has 0 saturated carbocycles. The maximum absolute atomic E-state index is 12.9. The zero-order valence-corrected chi connectivity index (χ0v) is 20.2. The van der Waals surface area contributed by atoms with Crippen LogP contribution in [0.25, 0.3) is 0 Å². The molecule has 0 unspecified atom stereocenters. The maximum atomic E-state index is 12.9. The van der Waals surface area contributed by atoms with Crippen LogP contribution < -0.4 is 5.32 Å². The van der Waals surface area contributed by atoms with Crippen LogP contribution in [0, 0.1) is 0 Å². The molecular formula is C23H30N4O4S2. The molecule has 4 rings (SSSR count). The van der Waals surface area contributed by atoms with Crippen molar-refractivity contribution in [2.75, 3.05) is 51.1 Å². The number of benzene rings is 1. The van der Waals surface area contributed by atoms with E-state index >= 15 is 0 Å². The number of hydrogen-bond donors (Lipinski definition) is 1. The van der Waals surface area contributed by atoms with Gasteiger partial charge in [0.25, 0.3) is 5.91 Å². The number of thiophene rings is 1. The van der Waals surface area contributed by atoms with E-state index < -0.39 is 10.0 Å². The van der Waals surface area contributed by atoms with Crippen LogP contribution in [-0.2, 0) is 14.8 Å². The topological polar surface area (TPSA) is 90.0 Å². The summed E-state index contributed by atoms with van der Waals surface area (Å²) in [4.78, 5) is 29.6. The van der Waals surface area contributed by atoms with Crippen molar-refractivity contribution in [3.8, 4) is 0 Å². The lowest BCUT2D eigenvalue weighted by Crippen LogP contribution is -2.51. The van der Waals surface area contributed by atoms with Crippen molar-refractivity contribution in [2.45, 2.75) is 30.6 Å². The Morgan fingerprint density at radius 2 is 1.48 bits per heavy atom. The maximum Gasteiger partial charge on any atom is 0.264 e. The van der Waals surface area contributed by atoms with E-state index in [9.17, 15) is 18.0 Å². The fraction of sp³-hybridized carbons (Fsp3) is 0.478. The summed E-state index contributed by atoms with van der Waals surface area (Å²) in [6, 6.07) is 10.3. The molecule has 3 heterocycles. The number of amides is 2. The van der Waals surface area contributed by atoms with Gasteiger partial charge in [0.05, 0.1) is 16.3 Å². The van der Waals surface area contributed by atoms with Gasteiger partial charge in [-0.15, -0.1) is 11.3 Å². The SMILES string of the molecule is O=C(CNc1ccc(S(=O)(=O)N2CCCCCC2)cc1)N1CCN(C(=O)c2cccs2)CC1. The van der Waals surface area contributed by atoms with Crippen LogP contribution in [0.15, 0.2) is 46.7 Å².